The van der Waals surface area contributed by atoms with Crippen molar-refractivity contribution in [3.05, 3.63) is 22.4 Å². The fourth-order valence-electron chi connectivity index (χ4n) is 2.42. The van der Waals surface area contributed by atoms with E-state index in [1.165, 1.54) is 23.1 Å². The zero-order valence-corrected chi connectivity index (χ0v) is 15.4. The molecule has 0 aromatic carbocycles. The predicted octanol–water partition coefficient (Wildman–Crippen LogP) is 1.24. The first-order valence-corrected chi connectivity index (χ1v) is 9.82. The van der Waals surface area contributed by atoms with Crippen molar-refractivity contribution in [3.63, 3.8) is 0 Å². The Hall–Kier alpha value is -1.91. The number of morpholine rings is 1. The minimum Gasteiger partial charge on any atom is -0.378 e. The Bertz CT molecular complexity index is 726. The average molecular weight is 381 g/mol. The van der Waals surface area contributed by atoms with Gasteiger partial charge in [-0.1, -0.05) is 17.8 Å². The van der Waals surface area contributed by atoms with Crippen molar-refractivity contribution in [1.29, 1.82) is 0 Å². The third-order valence-corrected chi connectivity index (χ3v) is 5.47. The molecule has 3 heterocycles. The van der Waals surface area contributed by atoms with E-state index in [0.717, 1.165) is 19.0 Å². The summed E-state index contributed by atoms with van der Waals surface area (Å²) in [6.07, 6.45) is 0. The molecule has 8 nitrogen and oxygen atoms in total. The number of imide groups is 1. The van der Waals surface area contributed by atoms with E-state index in [1.54, 1.807) is 17.5 Å². The second-order valence-corrected chi connectivity index (χ2v) is 7.16. The lowest BCUT2D eigenvalue weighted by Gasteiger charge is -2.27. The summed E-state index contributed by atoms with van der Waals surface area (Å²) in [5.74, 6) is 0.190. The standard InChI is InChI=1S/C15H19N5O3S2/c1-2-20-14(19-5-7-23-8-6-19)17-18-15(20)25-10-12(21)16-13(22)11-4-3-9-24-11/h3-4,9H,2,5-8,10H2,1H3,(H,16,21,22). The number of amides is 2. The summed E-state index contributed by atoms with van der Waals surface area (Å²) in [7, 11) is 0. The fourth-order valence-corrected chi connectivity index (χ4v) is 3.84. The van der Waals surface area contributed by atoms with Gasteiger partial charge in [0.05, 0.1) is 23.8 Å². The van der Waals surface area contributed by atoms with Crippen molar-refractivity contribution >= 4 is 40.9 Å². The number of hydrogen-bond donors (Lipinski definition) is 1. The molecule has 1 aliphatic rings. The van der Waals surface area contributed by atoms with Crippen LogP contribution in [0, 0.1) is 0 Å². The lowest BCUT2D eigenvalue weighted by atomic mass is 10.4. The second kappa shape index (κ2) is 8.45. The van der Waals surface area contributed by atoms with Gasteiger partial charge in [0.15, 0.2) is 5.16 Å². The van der Waals surface area contributed by atoms with Gasteiger partial charge in [-0.25, -0.2) is 0 Å². The summed E-state index contributed by atoms with van der Waals surface area (Å²) in [5, 5.41) is 13.3. The molecule has 2 amide bonds. The number of thiophene rings is 1. The number of ether oxygens (including phenoxy) is 1. The van der Waals surface area contributed by atoms with Crippen molar-refractivity contribution in [3.8, 4) is 0 Å². The lowest BCUT2D eigenvalue weighted by molar-refractivity contribution is -0.117. The molecule has 10 heteroatoms. The van der Waals surface area contributed by atoms with Crippen LogP contribution in [0.2, 0.25) is 0 Å². The van der Waals surface area contributed by atoms with Crippen LogP contribution in [-0.2, 0) is 16.1 Å². The van der Waals surface area contributed by atoms with E-state index in [4.69, 9.17) is 4.74 Å². The zero-order valence-electron chi connectivity index (χ0n) is 13.8. The molecule has 0 radical (unpaired) electrons. The van der Waals surface area contributed by atoms with Crippen LogP contribution in [0.3, 0.4) is 0 Å². The number of carbonyl (C=O) groups excluding carboxylic acids is 2. The van der Waals surface area contributed by atoms with Gasteiger partial charge in [0, 0.05) is 19.6 Å². The summed E-state index contributed by atoms with van der Waals surface area (Å²) < 4.78 is 7.34. The third kappa shape index (κ3) is 4.39. The van der Waals surface area contributed by atoms with E-state index < -0.39 is 0 Å². The molecule has 1 fully saturated rings. The van der Waals surface area contributed by atoms with Gasteiger partial charge in [0.2, 0.25) is 11.9 Å². The quantitative estimate of drug-likeness (QED) is 0.753. The van der Waals surface area contributed by atoms with E-state index in [1.807, 2.05) is 11.5 Å². The number of aromatic nitrogens is 3. The van der Waals surface area contributed by atoms with Gasteiger partial charge < -0.3 is 9.64 Å². The molecule has 0 spiro atoms. The highest BCUT2D eigenvalue weighted by atomic mass is 32.2. The molecule has 1 saturated heterocycles. The molecule has 1 N–H and O–H groups in total. The molecule has 0 aliphatic carbocycles. The van der Waals surface area contributed by atoms with Gasteiger partial charge in [-0.3, -0.25) is 19.5 Å². The van der Waals surface area contributed by atoms with E-state index in [2.05, 4.69) is 20.4 Å². The largest absolute Gasteiger partial charge is 0.378 e. The average Bonchev–Trinajstić information content (AvgIpc) is 3.30. The number of carbonyl (C=O) groups is 2. The van der Waals surface area contributed by atoms with Crippen molar-refractivity contribution in [2.45, 2.75) is 18.6 Å². The van der Waals surface area contributed by atoms with Crippen molar-refractivity contribution in [2.24, 2.45) is 0 Å². The van der Waals surface area contributed by atoms with Gasteiger partial charge in [0.1, 0.15) is 0 Å². The molecule has 3 rings (SSSR count). The van der Waals surface area contributed by atoms with Crippen LogP contribution in [0.25, 0.3) is 0 Å². The maximum atomic E-state index is 12.0. The Morgan fingerprint density at radius 3 is 2.84 bits per heavy atom. The summed E-state index contributed by atoms with van der Waals surface area (Å²) in [6, 6.07) is 3.46. The van der Waals surface area contributed by atoms with Crippen molar-refractivity contribution in [1.82, 2.24) is 20.1 Å². The van der Waals surface area contributed by atoms with Crippen LogP contribution in [-0.4, -0.2) is 58.6 Å². The van der Waals surface area contributed by atoms with Crippen LogP contribution in [0.1, 0.15) is 16.6 Å². The number of nitrogens with one attached hydrogen (secondary N) is 1. The third-order valence-electron chi connectivity index (χ3n) is 3.64. The number of rotatable bonds is 6. The molecule has 2 aromatic heterocycles. The molecular formula is C15H19N5O3S2. The molecule has 1 aliphatic heterocycles. The van der Waals surface area contributed by atoms with Crippen LogP contribution >= 0.6 is 23.1 Å². The molecule has 134 valence electrons. The Balaban J connectivity index is 1.58. The first-order chi connectivity index (χ1) is 12.2. The monoisotopic (exact) mass is 381 g/mol. The van der Waals surface area contributed by atoms with Crippen LogP contribution < -0.4 is 10.2 Å². The Morgan fingerprint density at radius 1 is 1.36 bits per heavy atom. The summed E-state index contributed by atoms with van der Waals surface area (Å²) in [6.45, 7) is 5.62. The minimum atomic E-state index is -0.369. The van der Waals surface area contributed by atoms with Crippen LogP contribution in [0.4, 0.5) is 5.95 Å². The Labute approximate surface area is 153 Å². The molecule has 0 atom stereocenters. The maximum Gasteiger partial charge on any atom is 0.267 e. The van der Waals surface area contributed by atoms with Gasteiger partial charge in [0.25, 0.3) is 5.91 Å². The highest BCUT2D eigenvalue weighted by Crippen LogP contribution is 2.22. The molecule has 25 heavy (non-hydrogen) atoms. The minimum absolute atomic E-state index is 0.109. The Kier molecular flexibility index (Phi) is 6.05. The highest BCUT2D eigenvalue weighted by molar-refractivity contribution is 7.99. The number of hydrogen-bond acceptors (Lipinski definition) is 8. The van der Waals surface area contributed by atoms with E-state index in [0.29, 0.717) is 29.8 Å². The summed E-state index contributed by atoms with van der Waals surface area (Å²) in [5.41, 5.74) is 0. The molecule has 0 unspecified atom stereocenters. The second-order valence-electron chi connectivity index (χ2n) is 5.27. The first-order valence-electron chi connectivity index (χ1n) is 7.95. The van der Waals surface area contributed by atoms with E-state index in [-0.39, 0.29) is 17.6 Å². The topological polar surface area (TPSA) is 89.3 Å². The Morgan fingerprint density at radius 2 is 2.16 bits per heavy atom. The molecule has 0 saturated carbocycles. The number of thioether (sulfide) groups is 1. The van der Waals surface area contributed by atoms with E-state index in [9.17, 15) is 9.59 Å². The lowest BCUT2D eigenvalue weighted by Crippen LogP contribution is -2.38. The van der Waals surface area contributed by atoms with Crippen LogP contribution in [0.15, 0.2) is 22.7 Å². The summed E-state index contributed by atoms with van der Waals surface area (Å²) >= 11 is 2.57. The summed E-state index contributed by atoms with van der Waals surface area (Å²) in [4.78, 5) is 26.5. The highest BCUT2D eigenvalue weighted by Gasteiger charge is 2.20. The van der Waals surface area contributed by atoms with Crippen LogP contribution in [0.5, 0.6) is 0 Å². The maximum absolute atomic E-state index is 12.0. The van der Waals surface area contributed by atoms with Crippen molar-refractivity contribution < 1.29 is 14.3 Å². The normalized spacial score (nSPS) is 14.5. The molecule has 2 aromatic rings. The number of anilines is 1. The van der Waals surface area contributed by atoms with E-state index >= 15 is 0 Å². The van der Waals surface area contributed by atoms with Gasteiger partial charge in [-0.15, -0.1) is 21.5 Å². The van der Waals surface area contributed by atoms with Gasteiger partial charge in [-0.2, -0.15) is 0 Å². The first kappa shape index (κ1) is 17.9. The van der Waals surface area contributed by atoms with Gasteiger partial charge >= 0.3 is 0 Å². The van der Waals surface area contributed by atoms with Gasteiger partial charge in [-0.05, 0) is 18.4 Å². The van der Waals surface area contributed by atoms with Crippen molar-refractivity contribution in [2.75, 3.05) is 37.0 Å². The smallest absolute Gasteiger partial charge is 0.267 e. The molecule has 0 bridgehead atoms. The predicted molar refractivity (Wildman–Crippen MR) is 96.2 cm³/mol. The zero-order chi connectivity index (χ0) is 17.6. The SMILES string of the molecule is CCn1c(SCC(=O)NC(=O)c2cccs2)nnc1N1CCOCC1. The fraction of sp³-hybridized carbons (Fsp3) is 0.467. The number of nitrogens with zero attached hydrogens (tertiary/aromatic N) is 4. The molecular weight excluding hydrogens is 362 g/mol.